The SMILES string of the molecule is CN(C1=C(c2ccc([N+](=O)[O-])cc2)C(=O)N(CCN2CCOCC2)C1=O)c1ccccc1. The van der Waals surface area contributed by atoms with Gasteiger partial charge in [-0.3, -0.25) is 29.5 Å². The molecular weight excluding hydrogens is 412 g/mol. The molecule has 0 atom stereocenters. The van der Waals surface area contributed by atoms with Gasteiger partial charge in [0.2, 0.25) is 0 Å². The molecule has 2 amide bonds. The third-order valence-electron chi connectivity index (χ3n) is 5.73. The minimum atomic E-state index is -0.495. The van der Waals surface area contributed by atoms with Crippen LogP contribution in [0.15, 0.2) is 60.3 Å². The zero-order valence-corrected chi connectivity index (χ0v) is 17.8. The molecule has 0 radical (unpaired) electrons. The summed E-state index contributed by atoms with van der Waals surface area (Å²) < 4.78 is 5.36. The molecule has 2 aromatic carbocycles. The van der Waals surface area contributed by atoms with Crippen molar-refractivity contribution in [2.24, 2.45) is 0 Å². The molecule has 0 aromatic heterocycles. The van der Waals surface area contributed by atoms with Crippen LogP contribution >= 0.6 is 0 Å². The lowest BCUT2D eigenvalue weighted by Crippen LogP contribution is -2.44. The molecule has 2 aromatic rings. The Balaban J connectivity index is 1.67. The number of nitro benzene ring substituents is 1. The van der Waals surface area contributed by atoms with Crippen molar-refractivity contribution in [1.82, 2.24) is 9.80 Å². The lowest BCUT2D eigenvalue weighted by Gasteiger charge is -2.28. The number of amides is 2. The van der Waals surface area contributed by atoms with Crippen LogP contribution in [0, 0.1) is 10.1 Å². The molecule has 2 heterocycles. The minimum absolute atomic E-state index is 0.0757. The van der Waals surface area contributed by atoms with Gasteiger partial charge in [-0.15, -0.1) is 0 Å². The zero-order chi connectivity index (χ0) is 22.7. The van der Waals surface area contributed by atoms with Gasteiger partial charge >= 0.3 is 0 Å². The standard InChI is InChI=1S/C23H24N4O5/c1-24(18-5-3-2-4-6-18)21-20(17-7-9-19(10-8-17)27(30)31)22(28)26(23(21)29)12-11-25-13-15-32-16-14-25/h2-10H,11-16H2,1H3. The highest BCUT2D eigenvalue weighted by atomic mass is 16.6. The van der Waals surface area contributed by atoms with E-state index in [1.165, 1.54) is 29.2 Å². The number of nitro groups is 1. The topological polar surface area (TPSA) is 96.2 Å². The number of benzene rings is 2. The Labute approximate surface area is 185 Å². The summed E-state index contributed by atoms with van der Waals surface area (Å²) in [5.74, 6) is -0.766. The molecular formula is C23H24N4O5. The first-order chi connectivity index (χ1) is 15.5. The molecule has 166 valence electrons. The van der Waals surface area contributed by atoms with E-state index in [1.807, 2.05) is 30.3 Å². The number of rotatable bonds is 7. The second kappa shape index (κ2) is 9.29. The summed E-state index contributed by atoms with van der Waals surface area (Å²) in [7, 11) is 1.74. The Morgan fingerprint density at radius 1 is 0.969 bits per heavy atom. The third-order valence-corrected chi connectivity index (χ3v) is 5.73. The fraction of sp³-hybridized carbons (Fsp3) is 0.304. The van der Waals surface area contributed by atoms with Crippen molar-refractivity contribution in [2.45, 2.75) is 0 Å². The van der Waals surface area contributed by atoms with Crippen molar-refractivity contribution in [2.75, 3.05) is 51.3 Å². The molecule has 0 aliphatic carbocycles. The van der Waals surface area contributed by atoms with Gasteiger partial charge in [-0.25, -0.2) is 0 Å². The summed E-state index contributed by atoms with van der Waals surface area (Å²) in [5, 5.41) is 11.0. The number of hydrogen-bond donors (Lipinski definition) is 0. The molecule has 2 aliphatic heterocycles. The first-order valence-corrected chi connectivity index (χ1v) is 10.4. The van der Waals surface area contributed by atoms with E-state index >= 15 is 0 Å². The van der Waals surface area contributed by atoms with E-state index < -0.39 is 10.8 Å². The van der Waals surface area contributed by atoms with E-state index in [1.54, 1.807) is 11.9 Å². The molecule has 1 fully saturated rings. The number of anilines is 1. The van der Waals surface area contributed by atoms with Gasteiger partial charge in [-0.2, -0.15) is 0 Å². The van der Waals surface area contributed by atoms with E-state index in [2.05, 4.69) is 4.90 Å². The number of non-ortho nitro benzene ring substituents is 1. The average Bonchev–Trinajstić information content (AvgIpc) is 3.08. The van der Waals surface area contributed by atoms with Crippen LogP contribution in [0.1, 0.15) is 5.56 Å². The number of likely N-dealkylation sites (N-methyl/N-ethyl adjacent to an activating group) is 1. The average molecular weight is 436 g/mol. The second-order valence-corrected chi connectivity index (χ2v) is 7.64. The van der Waals surface area contributed by atoms with Crippen LogP contribution in [-0.2, 0) is 14.3 Å². The van der Waals surface area contributed by atoms with Gasteiger partial charge in [0, 0.05) is 51.0 Å². The summed E-state index contributed by atoms with van der Waals surface area (Å²) in [4.78, 5) is 42.5. The van der Waals surface area contributed by atoms with E-state index in [9.17, 15) is 19.7 Å². The molecule has 1 saturated heterocycles. The highest BCUT2D eigenvalue weighted by Gasteiger charge is 2.41. The molecule has 9 nitrogen and oxygen atoms in total. The highest BCUT2D eigenvalue weighted by Crippen LogP contribution is 2.34. The molecule has 0 bridgehead atoms. The van der Waals surface area contributed by atoms with Gasteiger partial charge in [0.1, 0.15) is 5.70 Å². The fourth-order valence-electron chi connectivity index (χ4n) is 3.93. The predicted molar refractivity (Wildman–Crippen MR) is 119 cm³/mol. The molecule has 2 aliphatic rings. The molecule has 0 saturated carbocycles. The summed E-state index contributed by atoms with van der Waals surface area (Å²) in [6.45, 7) is 3.62. The number of morpholine rings is 1. The summed E-state index contributed by atoms with van der Waals surface area (Å²) >= 11 is 0. The smallest absolute Gasteiger partial charge is 0.278 e. The molecule has 0 unspecified atom stereocenters. The Hall–Kier alpha value is -3.56. The third kappa shape index (κ3) is 4.25. The zero-order valence-electron chi connectivity index (χ0n) is 17.8. The molecule has 32 heavy (non-hydrogen) atoms. The second-order valence-electron chi connectivity index (χ2n) is 7.64. The van der Waals surface area contributed by atoms with Crippen LogP contribution in [0.2, 0.25) is 0 Å². The van der Waals surface area contributed by atoms with Crippen LogP contribution in [-0.4, -0.2) is 73.0 Å². The van der Waals surface area contributed by atoms with Crippen LogP contribution < -0.4 is 4.90 Å². The van der Waals surface area contributed by atoms with Gasteiger partial charge < -0.3 is 9.64 Å². The Morgan fingerprint density at radius 3 is 2.25 bits per heavy atom. The number of para-hydroxylation sites is 1. The maximum absolute atomic E-state index is 13.4. The number of carbonyl (C=O) groups is 2. The van der Waals surface area contributed by atoms with E-state index in [-0.39, 0.29) is 29.4 Å². The number of hydrogen-bond acceptors (Lipinski definition) is 7. The Morgan fingerprint density at radius 2 is 1.62 bits per heavy atom. The van der Waals surface area contributed by atoms with Crippen molar-refractivity contribution in [3.05, 3.63) is 76.0 Å². The lowest BCUT2D eigenvalue weighted by molar-refractivity contribution is -0.384. The van der Waals surface area contributed by atoms with Gasteiger partial charge in [0.25, 0.3) is 17.5 Å². The van der Waals surface area contributed by atoms with Crippen LogP contribution in [0.25, 0.3) is 5.57 Å². The number of carbonyl (C=O) groups excluding carboxylic acids is 2. The number of nitrogens with zero attached hydrogens (tertiary/aromatic N) is 4. The molecule has 0 N–H and O–H groups in total. The summed E-state index contributed by atoms with van der Waals surface area (Å²) in [6.07, 6.45) is 0. The first kappa shape index (κ1) is 21.7. The first-order valence-electron chi connectivity index (χ1n) is 10.4. The maximum Gasteiger partial charge on any atom is 0.278 e. The van der Waals surface area contributed by atoms with Crippen molar-refractivity contribution in [3.63, 3.8) is 0 Å². The monoisotopic (exact) mass is 436 g/mol. The fourth-order valence-corrected chi connectivity index (χ4v) is 3.93. The van der Waals surface area contributed by atoms with Crippen molar-refractivity contribution < 1.29 is 19.2 Å². The molecule has 4 rings (SSSR count). The quantitative estimate of drug-likeness (QED) is 0.373. The van der Waals surface area contributed by atoms with Crippen molar-refractivity contribution in [3.8, 4) is 0 Å². The Kier molecular flexibility index (Phi) is 6.29. The number of imide groups is 1. The van der Waals surface area contributed by atoms with Gasteiger partial charge in [-0.05, 0) is 29.8 Å². The van der Waals surface area contributed by atoms with Gasteiger partial charge in [0.05, 0.1) is 23.7 Å². The maximum atomic E-state index is 13.4. The van der Waals surface area contributed by atoms with Crippen LogP contribution in [0.4, 0.5) is 11.4 Å². The summed E-state index contributed by atoms with van der Waals surface area (Å²) in [6, 6.07) is 15.0. The predicted octanol–water partition coefficient (Wildman–Crippen LogP) is 2.14. The largest absolute Gasteiger partial charge is 0.379 e. The summed E-state index contributed by atoms with van der Waals surface area (Å²) in [5.41, 5.74) is 1.67. The van der Waals surface area contributed by atoms with Crippen LogP contribution in [0.5, 0.6) is 0 Å². The normalized spacial score (nSPS) is 17.2. The highest BCUT2D eigenvalue weighted by molar-refractivity contribution is 6.36. The minimum Gasteiger partial charge on any atom is -0.379 e. The van der Waals surface area contributed by atoms with Gasteiger partial charge in [-0.1, -0.05) is 18.2 Å². The van der Waals surface area contributed by atoms with E-state index in [0.717, 1.165) is 18.8 Å². The number of ether oxygens (including phenoxy) is 1. The lowest BCUT2D eigenvalue weighted by atomic mass is 10.0. The van der Waals surface area contributed by atoms with Crippen LogP contribution in [0.3, 0.4) is 0 Å². The molecule has 0 spiro atoms. The van der Waals surface area contributed by atoms with Gasteiger partial charge in [0.15, 0.2) is 0 Å². The molecule has 9 heteroatoms. The van der Waals surface area contributed by atoms with E-state index in [0.29, 0.717) is 25.3 Å². The van der Waals surface area contributed by atoms with Crippen molar-refractivity contribution in [1.29, 1.82) is 0 Å². The van der Waals surface area contributed by atoms with Crippen molar-refractivity contribution >= 4 is 28.8 Å². The Bertz CT molecular complexity index is 1050. The van der Waals surface area contributed by atoms with E-state index in [4.69, 9.17) is 4.74 Å².